The van der Waals surface area contributed by atoms with Gasteiger partial charge in [0.1, 0.15) is 5.76 Å². The molecule has 4 rings (SSSR count). The number of fused-ring (bicyclic) bond motifs is 2. The molecule has 2 aromatic heterocycles. The van der Waals surface area contributed by atoms with Crippen LogP contribution in [0, 0.1) is 0 Å². The van der Waals surface area contributed by atoms with Gasteiger partial charge in [0.25, 0.3) is 11.1 Å². The predicted octanol–water partition coefficient (Wildman–Crippen LogP) is 6.65. The number of benzene rings is 2. The molecule has 0 radical (unpaired) electrons. The van der Waals surface area contributed by atoms with E-state index in [2.05, 4.69) is 13.8 Å². The third kappa shape index (κ3) is 6.52. The van der Waals surface area contributed by atoms with Gasteiger partial charge in [-0.3, -0.25) is 14.4 Å². The molecule has 0 saturated heterocycles. The van der Waals surface area contributed by atoms with Crippen molar-refractivity contribution in [2.75, 3.05) is 0 Å². The van der Waals surface area contributed by atoms with E-state index in [0.29, 0.717) is 24.2 Å². The van der Waals surface area contributed by atoms with Crippen LogP contribution in [0.2, 0.25) is 0 Å². The van der Waals surface area contributed by atoms with Crippen LogP contribution in [0.3, 0.4) is 0 Å². The van der Waals surface area contributed by atoms with Crippen LogP contribution in [-0.4, -0.2) is 20.0 Å². The summed E-state index contributed by atoms with van der Waals surface area (Å²) in [5.41, 5.74) is 2.27. The van der Waals surface area contributed by atoms with E-state index in [4.69, 9.17) is 0 Å². The number of hydrogen-bond acceptors (Lipinski definition) is 4. The standard InChI is InChI=1S/C33H34N2O4/c1-3-5-19-34-30-13-9-7-11-24(30)21-26(32(34)38)15-17-28(36)23-29(37)18-16-27-22-25-12-8-10-14-31(25)35(33(27)39)20-6-4-2/h7-18,21-23,36H,3-6,19-20H2,1-2H3/b17-15+,18-16+,28-23-. The molecule has 4 aromatic rings. The normalized spacial score (nSPS) is 12.3. The molecule has 0 unspecified atom stereocenters. The Hall–Kier alpha value is -4.45. The molecule has 0 aliphatic rings. The maximum absolute atomic E-state index is 13.1. The van der Waals surface area contributed by atoms with Gasteiger partial charge in [0.15, 0.2) is 5.78 Å². The molecule has 0 saturated carbocycles. The van der Waals surface area contributed by atoms with Crippen molar-refractivity contribution >= 4 is 39.7 Å². The Balaban J connectivity index is 1.58. The summed E-state index contributed by atoms with van der Waals surface area (Å²) < 4.78 is 3.50. The fourth-order valence-corrected chi connectivity index (χ4v) is 4.60. The number of rotatable bonds is 11. The van der Waals surface area contributed by atoms with Crippen molar-refractivity contribution in [1.82, 2.24) is 9.13 Å². The molecule has 1 N–H and O–H groups in total. The molecule has 39 heavy (non-hydrogen) atoms. The summed E-state index contributed by atoms with van der Waals surface area (Å²) in [6.45, 7) is 5.36. The van der Waals surface area contributed by atoms with E-state index in [1.807, 2.05) is 48.5 Å². The first-order valence-electron chi connectivity index (χ1n) is 13.5. The van der Waals surface area contributed by atoms with Gasteiger partial charge < -0.3 is 14.2 Å². The quantitative estimate of drug-likeness (QED) is 0.136. The number of unbranched alkanes of at least 4 members (excludes halogenated alkanes) is 2. The zero-order valence-corrected chi connectivity index (χ0v) is 22.5. The Labute approximate surface area is 227 Å². The molecule has 2 heterocycles. The molecule has 0 aliphatic heterocycles. The fourth-order valence-electron chi connectivity index (χ4n) is 4.60. The first-order valence-corrected chi connectivity index (χ1v) is 13.5. The van der Waals surface area contributed by atoms with Gasteiger partial charge in [0.05, 0.1) is 11.0 Å². The Morgan fingerprint density at radius 2 is 1.21 bits per heavy atom. The number of carbonyl (C=O) groups excluding carboxylic acids is 1. The van der Waals surface area contributed by atoms with Crippen molar-refractivity contribution in [2.45, 2.75) is 52.6 Å². The molecule has 0 atom stereocenters. The lowest BCUT2D eigenvalue weighted by Crippen LogP contribution is -2.22. The highest BCUT2D eigenvalue weighted by atomic mass is 16.3. The van der Waals surface area contributed by atoms with Gasteiger partial charge in [-0.2, -0.15) is 0 Å². The number of hydrogen-bond donors (Lipinski definition) is 1. The molecule has 200 valence electrons. The largest absolute Gasteiger partial charge is 0.508 e. The smallest absolute Gasteiger partial charge is 0.258 e. The van der Waals surface area contributed by atoms with E-state index in [1.165, 1.54) is 24.3 Å². The van der Waals surface area contributed by atoms with E-state index in [1.54, 1.807) is 21.3 Å². The minimum atomic E-state index is -0.469. The molecular formula is C33H34N2O4. The van der Waals surface area contributed by atoms with E-state index >= 15 is 0 Å². The Kier molecular flexibility index (Phi) is 9.10. The monoisotopic (exact) mass is 522 g/mol. The lowest BCUT2D eigenvalue weighted by molar-refractivity contribution is -0.110. The number of aliphatic hydroxyl groups is 1. The lowest BCUT2D eigenvalue weighted by atomic mass is 10.1. The molecule has 0 aliphatic carbocycles. The fraction of sp³-hybridized carbons (Fsp3) is 0.242. The number of aliphatic hydroxyl groups excluding tert-OH is 1. The van der Waals surface area contributed by atoms with Crippen LogP contribution in [0.25, 0.3) is 34.0 Å². The second kappa shape index (κ2) is 12.9. The number of ketones is 1. The van der Waals surface area contributed by atoms with E-state index in [-0.39, 0.29) is 16.9 Å². The second-order valence-electron chi connectivity index (χ2n) is 9.58. The van der Waals surface area contributed by atoms with Crippen LogP contribution in [0.5, 0.6) is 0 Å². The van der Waals surface area contributed by atoms with Gasteiger partial charge >= 0.3 is 0 Å². The molecule has 6 nitrogen and oxygen atoms in total. The van der Waals surface area contributed by atoms with Gasteiger partial charge in [0, 0.05) is 30.3 Å². The zero-order chi connectivity index (χ0) is 27.8. The Bertz CT molecular complexity index is 1700. The lowest BCUT2D eigenvalue weighted by Gasteiger charge is -2.11. The minimum Gasteiger partial charge on any atom is -0.508 e. The average Bonchev–Trinajstić information content (AvgIpc) is 2.94. The summed E-state index contributed by atoms with van der Waals surface area (Å²) in [6.07, 6.45) is 10.4. The number of nitrogens with zero attached hydrogens (tertiary/aromatic N) is 2. The van der Waals surface area contributed by atoms with E-state index < -0.39 is 5.78 Å². The number of para-hydroxylation sites is 2. The summed E-state index contributed by atoms with van der Waals surface area (Å²) in [6, 6.07) is 18.9. The van der Waals surface area contributed by atoms with Crippen molar-refractivity contribution in [2.24, 2.45) is 0 Å². The molecule has 6 heteroatoms. The summed E-state index contributed by atoms with van der Waals surface area (Å²) in [5, 5.41) is 12.2. The highest BCUT2D eigenvalue weighted by molar-refractivity contribution is 6.02. The van der Waals surface area contributed by atoms with Crippen molar-refractivity contribution in [3.63, 3.8) is 0 Å². The zero-order valence-electron chi connectivity index (χ0n) is 22.5. The summed E-state index contributed by atoms with van der Waals surface area (Å²) >= 11 is 0. The number of aromatic nitrogens is 2. The number of carbonyl (C=O) groups is 1. The van der Waals surface area contributed by atoms with Crippen molar-refractivity contribution < 1.29 is 9.90 Å². The van der Waals surface area contributed by atoms with Crippen LogP contribution in [0.1, 0.15) is 50.7 Å². The molecule has 0 amide bonds. The van der Waals surface area contributed by atoms with E-state index in [9.17, 15) is 19.5 Å². The summed E-state index contributed by atoms with van der Waals surface area (Å²) in [4.78, 5) is 38.7. The topological polar surface area (TPSA) is 81.3 Å². The maximum atomic E-state index is 13.1. The molecule has 0 fully saturated rings. The highest BCUT2D eigenvalue weighted by Crippen LogP contribution is 2.17. The third-order valence-corrected chi connectivity index (χ3v) is 6.68. The SMILES string of the molecule is CCCCn1c(=O)c(/C=C/C(=O)/C=C(O)/C=C/c2cc3ccccc3n(CCCC)c2=O)cc2ccccc21. The van der Waals surface area contributed by atoms with Crippen LogP contribution >= 0.6 is 0 Å². The average molecular weight is 523 g/mol. The van der Waals surface area contributed by atoms with Gasteiger partial charge in [0.2, 0.25) is 0 Å². The second-order valence-corrected chi connectivity index (χ2v) is 9.58. The Morgan fingerprint density at radius 1 is 0.744 bits per heavy atom. The predicted molar refractivity (Wildman–Crippen MR) is 160 cm³/mol. The highest BCUT2D eigenvalue weighted by Gasteiger charge is 2.09. The van der Waals surface area contributed by atoms with Crippen molar-refractivity contribution in [3.05, 3.63) is 116 Å². The number of pyridine rings is 2. The molecule has 0 spiro atoms. The number of aryl methyl sites for hydroxylation is 2. The van der Waals surface area contributed by atoms with Crippen molar-refractivity contribution in [1.29, 1.82) is 0 Å². The summed E-state index contributed by atoms with van der Waals surface area (Å²) in [5.74, 6) is -0.750. The van der Waals surface area contributed by atoms with Gasteiger partial charge in [-0.25, -0.2) is 0 Å². The van der Waals surface area contributed by atoms with Gasteiger partial charge in [-0.1, -0.05) is 63.1 Å². The van der Waals surface area contributed by atoms with Crippen molar-refractivity contribution in [3.8, 4) is 0 Å². The van der Waals surface area contributed by atoms with Crippen LogP contribution < -0.4 is 11.1 Å². The summed E-state index contributed by atoms with van der Waals surface area (Å²) in [7, 11) is 0. The van der Waals surface area contributed by atoms with Crippen LogP contribution in [-0.2, 0) is 17.9 Å². The third-order valence-electron chi connectivity index (χ3n) is 6.68. The van der Waals surface area contributed by atoms with Gasteiger partial charge in [-0.05, 0) is 72.2 Å². The van der Waals surface area contributed by atoms with Gasteiger partial charge in [-0.15, -0.1) is 0 Å². The first-order chi connectivity index (χ1) is 18.9. The molecular weight excluding hydrogens is 488 g/mol. The molecule has 0 bridgehead atoms. The van der Waals surface area contributed by atoms with Crippen LogP contribution in [0.15, 0.2) is 94.2 Å². The molecule has 2 aromatic carbocycles. The van der Waals surface area contributed by atoms with Crippen LogP contribution in [0.4, 0.5) is 0 Å². The minimum absolute atomic E-state index is 0.145. The Morgan fingerprint density at radius 3 is 1.69 bits per heavy atom. The number of allylic oxidation sites excluding steroid dienone is 3. The van der Waals surface area contributed by atoms with E-state index in [0.717, 1.165) is 53.6 Å². The first kappa shape index (κ1) is 27.6. The maximum Gasteiger partial charge on any atom is 0.258 e.